The summed E-state index contributed by atoms with van der Waals surface area (Å²) in [6.07, 6.45) is 4.38. The number of hydrogen-bond acceptors (Lipinski definition) is 1. The SMILES string of the molecule is OC1CCCCC1c1ccc(Br)cc1. The Bertz CT molecular complexity index is 294. The molecule has 2 rings (SSSR count). The molecular formula is C12H15BrO. The summed E-state index contributed by atoms with van der Waals surface area (Å²) in [6.45, 7) is 0. The largest absolute Gasteiger partial charge is 0.392 e. The minimum atomic E-state index is -0.134. The maximum Gasteiger partial charge on any atom is 0.0608 e. The van der Waals surface area contributed by atoms with Gasteiger partial charge in [0.2, 0.25) is 0 Å². The van der Waals surface area contributed by atoms with Gasteiger partial charge >= 0.3 is 0 Å². The van der Waals surface area contributed by atoms with Gasteiger partial charge in [0.15, 0.2) is 0 Å². The van der Waals surface area contributed by atoms with Crippen LogP contribution in [0.2, 0.25) is 0 Å². The van der Waals surface area contributed by atoms with Crippen LogP contribution in [-0.2, 0) is 0 Å². The van der Waals surface area contributed by atoms with Crippen molar-refractivity contribution in [2.45, 2.75) is 37.7 Å². The smallest absolute Gasteiger partial charge is 0.0608 e. The molecule has 0 amide bonds. The molecule has 1 N–H and O–H groups in total. The third-order valence-electron chi connectivity index (χ3n) is 3.03. The van der Waals surface area contributed by atoms with Crippen molar-refractivity contribution in [2.75, 3.05) is 0 Å². The third-order valence-corrected chi connectivity index (χ3v) is 3.56. The van der Waals surface area contributed by atoms with Crippen molar-refractivity contribution in [2.24, 2.45) is 0 Å². The van der Waals surface area contributed by atoms with Crippen molar-refractivity contribution in [3.63, 3.8) is 0 Å². The molecule has 0 radical (unpaired) electrons. The summed E-state index contributed by atoms with van der Waals surface area (Å²) in [7, 11) is 0. The van der Waals surface area contributed by atoms with E-state index >= 15 is 0 Å². The maximum absolute atomic E-state index is 9.88. The van der Waals surface area contributed by atoms with Crippen LogP contribution in [0, 0.1) is 0 Å². The van der Waals surface area contributed by atoms with Gasteiger partial charge in [0.05, 0.1) is 6.10 Å². The first-order valence-electron chi connectivity index (χ1n) is 5.21. The molecule has 0 bridgehead atoms. The number of rotatable bonds is 1. The highest BCUT2D eigenvalue weighted by molar-refractivity contribution is 9.10. The quantitative estimate of drug-likeness (QED) is 0.814. The summed E-state index contributed by atoms with van der Waals surface area (Å²) in [5.41, 5.74) is 1.28. The maximum atomic E-state index is 9.88. The van der Waals surface area contributed by atoms with Gasteiger partial charge < -0.3 is 5.11 Å². The van der Waals surface area contributed by atoms with Crippen LogP contribution in [0.15, 0.2) is 28.7 Å². The van der Waals surface area contributed by atoms with E-state index in [9.17, 15) is 5.11 Å². The van der Waals surface area contributed by atoms with E-state index in [0.717, 1.165) is 17.3 Å². The summed E-state index contributed by atoms with van der Waals surface area (Å²) >= 11 is 3.42. The first-order chi connectivity index (χ1) is 6.77. The van der Waals surface area contributed by atoms with Crippen molar-refractivity contribution >= 4 is 15.9 Å². The molecule has 0 aliphatic heterocycles. The average molecular weight is 255 g/mol. The highest BCUT2D eigenvalue weighted by Gasteiger charge is 2.24. The molecular weight excluding hydrogens is 240 g/mol. The van der Waals surface area contributed by atoms with Crippen LogP contribution in [0.5, 0.6) is 0 Å². The number of aliphatic hydroxyl groups is 1. The Morgan fingerprint density at radius 3 is 2.36 bits per heavy atom. The van der Waals surface area contributed by atoms with E-state index in [1.807, 2.05) is 0 Å². The lowest BCUT2D eigenvalue weighted by atomic mass is 9.82. The van der Waals surface area contributed by atoms with Gasteiger partial charge in [0, 0.05) is 10.4 Å². The van der Waals surface area contributed by atoms with Crippen LogP contribution >= 0.6 is 15.9 Å². The van der Waals surface area contributed by atoms with Gasteiger partial charge in [-0.25, -0.2) is 0 Å². The van der Waals surface area contributed by atoms with Crippen LogP contribution in [0.25, 0.3) is 0 Å². The predicted molar refractivity (Wildman–Crippen MR) is 61.4 cm³/mol. The Morgan fingerprint density at radius 2 is 1.71 bits per heavy atom. The monoisotopic (exact) mass is 254 g/mol. The molecule has 2 atom stereocenters. The van der Waals surface area contributed by atoms with Gasteiger partial charge in [-0.15, -0.1) is 0 Å². The first-order valence-corrected chi connectivity index (χ1v) is 6.00. The fourth-order valence-corrected chi connectivity index (χ4v) is 2.47. The van der Waals surface area contributed by atoms with E-state index in [-0.39, 0.29) is 6.10 Å². The fourth-order valence-electron chi connectivity index (χ4n) is 2.21. The summed E-state index contributed by atoms with van der Waals surface area (Å²) < 4.78 is 1.10. The Balaban J connectivity index is 2.16. The number of hydrogen-bond donors (Lipinski definition) is 1. The molecule has 2 heteroatoms. The Labute approximate surface area is 93.3 Å². The minimum absolute atomic E-state index is 0.134. The molecule has 14 heavy (non-hydrogen) atoms. The van der Waals surface area contributed by atoms with Crippen LogP contribution in [0.3, 0.4) is 0 Å². The minimum Gasteiger partial charge on any atom is -0.392 e. The van der Waals surface area contributed by atoms with E-state index in [1.54, 1.807) is 0 Å². The Morgan fingerprint density at radius 1 is 1.07 bits per heavy atom. The van der Waals surface area contributed by atoms with Gasteiger partial charge in [-0.3, -0.25) is 0 Å². The third kappa shape index (κ3) is 2.18. The summed E-state index contributed by atoms with van der Waals surface area (Å²) in [5.74, 6) is 0.358. The van der Waals surface area contributed by atoms with E-state index in [2.05, 4.69) is 40.2 Å². The zero-order valence-electron chi connectivity index (χ0n) is 8.12. The molecule has 1 fully saturated rings. The van der Waals surface area contributed by atoms with Gasteiger partial charge in [0.25, 0.3) is 0 Å². The molecule has 1 aliphatic carbocycles. The normalized spacial score (nSPS) is 27.6. The number of benzene rings is 1. The Hall–Kier alpha value is -0.340. The van der Waals surface area contributed by atoms with Crippen molar-refractivity contribution in [3.05, 3.63) is 34.3 Å². The zero-order valence-corrected chi connectivity index (χ0v) is 9.70. The van der Waals surface area contributed by atoms with Crippen LogP contribution in [0.4, 0.5) is 0 Å². The topological polar surface area (TPSA) is 20.2 Å². The molecule has 1 aromatic rings. The lowest BCUT2D eigenvalue weighted by molar-refractivity contribution is 0.106. The molecule has 76 valence electrons. The lowest BCUT2D eigenvalue weighted by Crippen LogP contribution is -2.22. The van der Waals surface area contributed by atoms with Crippen LogP contribution in [-0.4, -0.2) is 11.2 Å². The van der Waals surface area contributed by atoms with E-state index < -0.39 is 0 Å². The second-order valence-electron chi connectivity index (χ2n) is 4.01. The second kappa shape index (κ2) is 4.45. The summed E-state index contributed by atoms with van der Waals surface area (Å²) in [4.78, 5) is 0. The van der Waals surface area contributed by atoms with Gasteiger partial charge in [0.1, 0.15) is 0 Å². The van der Waals surface area contributed by atoms with Crippen molar-refractivity contribution in [1.29, 1.82) is 0 Å². The molecule has 0 spiro atoms. The molecule has 1 aliphatic rings. The van der Waals surface area contributed by atoms with Crippen molar-refractivity contribution in [3.8, 4) is 0 Å². The highest BCUT2D eigenvalue weighted by Crippen LogP contribution is 2.33. The summed E-state index contributed by atoms with van der Waals surface area (Å²) in [6, 6.07) is 8.33. The zero-order chi connectivity index (χ0) is 9.97. The van der Waals surface area contributed by atoms with Crippen molar-refractivity contribution in [1.82, 2.24) is 0 Å². The highest BCUT2D eigenvalue weighted by atomic mass is 79.9. The van der Waals surface area contributed by atoms with Crippen LogP contribution < -0.4 is 0 Å². The van der Waals surface area contributed by atoms with Crippen LogP contribution in [0.1, 0.15) is 37.2 Å². The molecule has 0 heterocycles. The van der Waals surface area contributed by atoms with Gasteiger partial charge in [-0.1, -0.05) is 40.9 Å². The fraction of sp³-hybridized carbons (Fsp3) is 0.500. The molecule has 1 nitrogen and oxygen atoms in total. The molecule has 0 saturated heterocycles. The van der Waals surface area contributed by atoms with E-state index in [0.29, 0.717) is 5.92 Å². The van der Waals surface area contributed by atoms with Gasteiger partial charge in [-0.2, -0.15) is 0 Å². The predicted octanol–water partition coefficient (Wildman–Crippen LogP) is 3.47. The molecule has 2 unspecified atom stereocenters. The molecule has 1 aromatic carbocycles. The van der Waals surface area contributed by atoms with E-state index in [4.69, 9.17) is 0 Å². The molecule has 0 aromatic heterocycles. The average Bonchev–Trinajstić information content (AvgIpc) is 2.20. The summed E-state index contributed by atoms with van der Waals surface area (Å²) in [5, 5.41) is 9.88. The second-order valence-corrected chi connectivity index (χ2v) is 4.93. The van der Waals surface area contributed by atoms with Gasteiger partial charge in [-0.05, 0) is 30.5 Å². The van der Waals surface area contributed by atoms with E-state index in [1.165, 1.54) is 18.4 Å². The van der Waals surface area contributed by atoms with Crippen molar-refractivity contribution < 1.29 is 5.11 Å². The Kier molecular flexibility index (Phi) is 3.24. The first kappa shape index (κ1) is 10.2. The standard InChI is InChI=1S/C12H15BrO/c13-10-7-5-9(6-8-10)11-3-1-2-4-12(11)14/h5-8,11-12,14H,1-4H2. The number of aliphatic hydroxyl groups excluding tert-OH is 1. The molecule has 1 saturated carbocycles. The number of halogens is 1. The lowest BCUT2D eigenvalue weighted by Gasteiger charge is -2.27.